The fourth-order valence-electron chi connectivity index (χ4n) is 4.59. The minimum absolute atomic E-state index is 0.0557. The van der Waals surface area contributed by atoms with Gasteiger partial charge in [-0.1, -0.05) is 68.1 Å². The van der Waals surface area contributed by atoms with E-state index >= 15 is 0 Å². The quantitative estimate of drug-likeness (QED) is 0.467. The number of hydrogen-bond donors (Lipinski definition) is 1. The van der Waals surface area contributed by atoms with E-state index in [1.807, 2.05) is 37.3 Å². The highest BCUT2D eigenvalue weighted by atomic mass is 35.5. The molecule has 1 aliphatic carbocycles. The molecule has 0 radical (unpaired) electrons. The largest absolute Gasteiger partial charge is 0.352 e. The topological polar surface area (TPSA) is 86.8 Å². The summed E-state index contributed by atoms with van der Waals surface area (Å²) < 4.78 is 27.1. The molecule has 196 valence electrons. The van der Waals surface area contributed by atoms with Crippen LogP contribution in [0.2, 0.25) is 5.02 Å². The van der Waals surface area contributed by atoms with Gasteiger partial charge in [0, 0.05) is 24.7 Å². The van der Waals surface area contributed by atoms with Gasteiger partial charge in [-0.15, -0.1) is 0 Å². The van der Waals surface area contributed by atoms with Crippen molar-refractivity contribution >= 4 is 33.4 Å². The van der Waals surface area contributed by atoms with Gasteiger partial charge in [-0.05, 0) is 55.5 Å². The summed E-state index contributed by atoms with van der Waals surface area (Å²) >= 11 is 5.90. The molecule has 2 aromatic rings. The van der Waals surface area contributed by atoms with Gasteiger partial charge in [0.25, 0.3) is 0 Å². The maximum atomic E-state index is 13.5. The SMILES string of the molecule is CCC(C(=O)NC1CCCCC1)N(CCc1ccccc1)C(=O)CN(C)S(=O)(=O)c1ccc(Cl)cc1. The first-order chi connectivity index (χ1) is 17.2. The maximum Gasteiger partial charge on any atom is 0.243 e. The van der Waals surface area contributed by atoms with Crippen LogP contribution in [0.3, 0.4) is 0 Å². The van der Waals surface area contributed by atoms with Gasteiger partial charge in [0.1, 0.15) is 6.04 Å². The molecule has 9 heteroatoms. The number of amides is 2. The fraction of sp³-hybridized carbons (Fsp3) is 0.481. The standard InChI is InChI=1S/C27H36ClN3O4S/c1-3-25(27(33)29-23-12-8-5-9-13-23)31(19-18-21-10-6-4-7-11-21)26(32)20-30(2)36(34,35)24-16-14-22(28)15-17-24/h4,6-7,10-11,14-17,23,25H,3,5,8-9,12-13,18-20H2,1-2H3,(H,29,33). The average molecular weight is 534 g/mol. The van der Waals surface area contributed by atoms with Crippen LogP contribution in [0.4, 0.5) is 0 Å². The van der Waals surface area contributed by atoms with Crippen LogP contribution in [-0.4, -0.2) is 61.7 Å². The van der Waals surface area contributed by atoms with Crippen molar-refractivity contribution in [2.24, 2.45) is 0 Å². The molecular weight excluding hydrogens is 498 g/mol. The lowest BCUT2D eigenvalue weighted by Crippen LogP contribution is -2.54. The Morgan fingerprint density at radius 1 is 1.03 bits per heavy atom. The van der Waals surface area contributed by atoms with Gasteiger partial charge < -0.3 is 10.2 Å². The van der Waals surface area contributed by atoms with Gasteiger partial charge in [0.2, 0.25) is 21.8 Å². The molecule has 36 heavy (non-hydrogen) atoms. The first-order valence-corrected chi connectivity index (χ1v) is 14.4. The monoisotopic (exact) mass is 533 g/mol. The van der Waals surface area contributed by atoms with Crippen molar-refractivity contribution in [3.63, 3.8) is 0 Å². The predicted molar refractivity (Wildman–Crippen MR) is 142 cm³/mol. The molecule has 0 aromatic heterocycles. The summed E-state index contributed by atoms with van der Waals surface area (Å²) in [5.74, 6) is -0.578. The summed E-state index contributed by atoms with van der Waals surface area (Å²) in [5.41, 5.74) is 1.04. The van der Waals surface area contributed by atoms with E-state index < -0.39 is 22.0 Å². The number of sulfonamides is 1. The number of nitrogens with one attached hydrogen (secondary N) is 1. The van der Waals surface area contributed by atoms with E-state index in [4.69, 9.17) is 11.6 Å². The lowest BCUT2D eigenvalue weighted by Gasteiger charge is -2.33. The van der Waals surface area contributed by atoms with E-state index in [1.54, 1.807) is 4.90 Å². The molecule has 0 bridgehead atoms. The second kappa shape index (κ2) is 13.2. The highest BCUT2D eigenvalue weighted by Gasteiger charge is 2.32. The Labute approximate surface area is 219 Å². The van der Waals surface area contributed by atoms with Gasteiger partial charge in [-0.2, -0.15) is 4.31 Å². The Morgan fingerprint density at radius 2 is 1.67 bits per heavy atom. The Bertz CT molecular complexity index is 1100. The number of benzene rings is 2. The molecule has 1 fully saturated rings. The number of rotatable bonds is 11. The van der Waals surface area contributed by atoms with Gasteiger partial charge in [0.15, 0.2) is 0 Å². The van der Waals surface area contributed by atoms with Crippen molar-refractivity contribution < 1.29 is 18.0 Å². The molecule has 2 aromatic carbocycles. The Morgan fingerprint density at radius 3 is 2.28 bits per heavy atom. The van der Waals surface area contributed by atoms with Crippen LogP contribution in [0.5, 0.6) is 0 Å². The first kappa shape index (κ1) is 28.2. The third-order valence-electron chi connectivity index (χ3n) is 6.70. The van der Waals surface area contributed by atoms with Crippen molar-refractivity contribution in [1.82, 2.24) is 14.5 Å². The molecule has 1 saturated carbocycles. The summed E-state index contributed by atoms with van der Waals surface area (Å²) in [4.78, 5) is 28.4. The van der Waals surface area contributed by atoms with Crippen molar-refractivity contribution in [2.45, 2.75) is 68.8 Å². The highest BCUT2D eigenvalue weighted by Crippen LogP contribution is 2.20. The summed E-state index contributed by atoms with van der Waals surface area (Å²) in [6.07, 6.45) is 6.25. The number of carbonyl (C=O) groups is 2. The van der Waals surface area contributed by atoms with Crippen LogP contribution >= 0.6 is 11.6 Å². The van der Waals surface area contributed by atoms with Crippen LogP contribution in [0.1, 0.15) is 51.0 Å². The summed E-state index contributed by atoms with van der Waals surface area (Å²) in [5, 5.41) is 3.57. The van der Waals surface area contributed by atoms with Crippen LogP contribution in [0, 0.1) is 0 Å². The van der Waals surface area contributed by atoms with E-state index in [1.165, 1.54) is 37.7 Å². The molecule has 3 rings (SSSR count). The molecule has 7 nitrogen and oxygen atoms in total. The molecule has 1 aliphatic rings. The molecule has 0 aliphatic heterocycles. The van der Waals surface area contributed by atoms with Crippen molar-refractivity contribution in [2.75, 3.05) is 20.1 Å². The predicted octanol–water partition coefficient (Wildman–Crippen LogP) is 4.26. The Hall–Kier alpha value is -2.42. The van der Waals surface area contributed by atoms with Crippen LogP contribution in [-0.2, 0) is 26.0 Å². The van der Waals surface area contributed by atoms with E-state index in [9.17, 15) is 18.0 Å². The summed E-state index contributed by atoms with van der Waals surface area (Å²) in [6.45, 7) is 1.82. The van der Waals surface area contributed by atoms with E-state index in [0.29, 0.717) is 24.4 Å². The van der Waals surface area contributed by atoms with Crippen molar-refractivity contribution in [1.29, 1.82) is 0 Å². The lowest BCUT2D eigenvalue weighted by molar-refractivity contribution is -0.141. The fourth-order valence-corrected chi connectivity index (χ4v) is 5.84. The van der Waals surface area contributed by atoms with E-state index in [0.717, 1.165) is 35.6 Å². The zero-order chi connectivity index (χ0) is 26.1. The number of carbonyl (C=O) groups excluding carboxylic acids is 2. The third-order valence-corrected chi connectivity index (χ3v) is 8.77. The molecule has 0 saturated heterocycles. The second-order valence-corrected chi connectivity index (χ2v) is 11.8. The van der Waals surface area contributed by atoms with Crippen LogP contribution in [0.15, 0.2) is 59.5 Å². The van der Waals surface area contributed by atoms with Crippen LogP contribution in [0.25, 0.3) is 0 Å². The van der Waals surface area contributed by atoms with Gasteiger partial charge in [0.05, 0.1) is 11.4 Å². The lowest BCUT2D eigenvalue weighted by atomic mass is 9.95. The summed E-state index contributed by atoms with van der Waals surface area (Å²) in [7, 11) is -2.52. The van der Waals surface area contributed by atoms with Gasteiger partial charge >= 0.3 is 0 Å². The molecule has 0 heterocycles. The van der Waals surface area contributed by atoms with Crippen molar-refractivity contribution in [3.05, 3.63) is 65.2 Å². The molecule has 1 unspecified atom stereocenters. The number of halogens is 1. The molecular formula is C27H36ClN3O4S. The van der Waals surface area contributed by atoms with Crippen LogP contribution < -0.4 is 5.32 Å². The second-order valence-electron chi connectivity index (χ2n) is 9.31. The highest BCUT2D eigenvalue weighted by molar-refractivity contribution is 7.89. The maximum absolute atomic E-state index is 13.5. The van der Waals surface area contributed by atoms with Gasteiger partial charge in [-0.3, -0.25) is 9.59 Å². The van der Waals surface area contributed by atoms with E-state index in [-0.39, 0.29) is 23.4 Å². The average Bonchev–Trinajstić information content (AvgIpc) is 2.87. The Balaban J connectivity index is 1.78. The molecule has 1 atom stereocenters. The minimum Gasteiger partial charge on any atom is -0.352 e. The van der Waals surface area contributed by atoms with E-state index in [2.05, 4.69) is 5.32 Å². The normalized spacial score (nSPS) is 15.4. The number of hydrogen-bond acceptors (Lipinski definition) is 4. The number of likely N-dealkylation sites (N-methyl/N-ethyl adjacent to an activating group) is 1. The minimum atomic E-state index is -3.90. The zero-order valence-electron chi connectivity index (χ0n) is 21.0. The molecule has 1 N–H and O–H groups in total. The zero-order valence-corrected chi connectivity index (χ0v) is 22.6. The van der Waals surface area contributed by atoms with Crippen molar-refractivity contribution in [3.8, 4) is 0 Å². The van der Waals surface area contributed by atoms with Gasteiger partial charge in [-0.25, -0.2) is 8.42 Å². The molecule has 0 spiro atoms. The smallest absolute Gasteiger partial charge is 0.243 e. The Kier molecular flexibility index (Phi) is 10.3. The molecule has 2 amide bonds. The number of nitrogens with zero attached hydrogens (tertiary/aromatic N) is 2. The summed E-state index contributed by atoms with van der Waals surface area (Å²) in [6, 6.07) is 15.0. The first-order valence-electron chi connectivity index (χ1n) is 12.6. The third kappa shape index (κ3) is 7.54.